The highest BCUT2D eigenvalue weighted by molar-refractivity contribution is 5.69. The lowest BCUT2D eigenvalue weighted by Gasteiger charge is -2.26. The van der Waals surface area contributed by atoms with Crippen molar-refractivity contribution in [1.29, 1.82) is 0 Å². The van der Waals surface area contributed by atoms with E-state index in [0.29, 0.717) is 0 Å². The molecule has 0 N–H and O–H groups in total. The lowest BCUT2D eigenvalue weighted by atomic mass is 9.95. The van der Waals surface area contributed by atoms with Gasteiger partial charge in [0.15, 0.2) is 0 Å². The molecular weight excluding hydrogens is 316 g/mol. The molecule has 0 spiro atoms. The average molecular weight is 340 g/mol. The van der Waals surface area contributed by atoms with Crippen molar-refractivity contribution < 1.29 is 0 Å². The number of hydrogen-bond donors (Lipinski definition) is 0. The van der Waals surface area contributed by atoms with Gasteiger partial charge in [0.1, 0.15) is 0 Å². The summed E-state index contributed by atoms with van der Waals surface area (Å²) >= 11 is 0. The van der Waals surface area contributed by atoms with Crippen molar-refractivity contribution in [3.8, 4) is 11.1 Å². The summed E-state index contributed by atoms with van der Waals surface area (Å²) in [5.74, 6) is 0. The van der Waals surface area contributed by atoms with E-state index in [1.54, 1.807) is 0 Å². The van der Waals surface area contributed by atoms with Crippen molar-refractivity contribution >= 4 is 5.57 Å². The van der Waals surface area contributed by atoms with E-state index in [1.165, 1.54) is 27.8 Å². The zero-order chi connectivity index (χ0) is 17.8. The van der Waals surface area contributed by atoms with Crippen LogP contribution in [0.15, 0.2) is 79.0 Å². The largest absolute Gasteiger partial charge is 0.294 e. The molecule has 0 amide bonds. The first-order chi connectivity index (χ1) is 12.8. The Hall–Kier alpha value is -2.71. The first-order valence-corrected chi connectivity index (χ1v) is 9.27. The molecular formula is C24H24N2. The van der Waals surface area contributed by atoms with E-state index < -0.39 is 0 Å². The number of benzene rings is 2. The van der Waals surface area contributed by atoms with E-state index >= 15 is 0 Å². The molecule has 2 nitrogen and oxygen atoms in total. The van der Waals surface area contributed by atoms with E-state index in [2.05, 4.69) is 89.6 Å². The van der Waals surface area contributed by atoms with Crippen LogP contribution in [0.1, 0.15) is 23.2 Å². The lowest BCUT2D eigenvalue weighted by Crippen LogP contribution is -2.28. The zero-order valence-electron chi connectivity index (χ0n) is 15.2. The van der Waals surface area contributed by atoms with Gasteiger partial charge in [-0.25, -0.2) is 0 Å². The van der Waals surface area contributed by atoms with Gasteiger partial charge >= 0.3 is 0 Å². The van der Waals surface area contributed by atoms with Gasteiger partial charge < -0.3 is 0 Å². The van der Waals surface area contributed by atoms with Gasteiger partial charge in [0.05, 0.1) is 5.69 Å². The van der Waals surface area contributed by atoms with Crippen LogP contribution in [0.5, 0.6) is 0 Å². The number of aromatic nitrogens is 1. The number of rotatable bonds is 4. The topological polar surface area (TPSA) is 16.1 Å². The highest BCUT2D eigenvalue weighted by Crippen LogP contribution is 2.26. The number of pyridine rings is 1. The lowest BCUT2D eigenvalue weighted by molar-refractivity contribution is 0.290. The predicted molar refractivity (Wildman–Crippen MR) is 109 cm³/mol. The Morgan fingerprint density at radius 2 is 1.73 bits per heavy atom. The van der Waals surface area contributed by atoms with Gasteiger partial charge in [-0.15, -0.1) is 0 Å². The predicted octanol–water partition coefficient (Wildman–Crippen LogP) is 5.35. The van der Waals surface area contributed by atoms with Crippen molar-refractivity contribution in [2.24, 2.45) is 0 Å². The standard InChI is InChI=1S/C24H24N2/c1-19-7-5-6-10-24(19)21-12-15-26(16-13-21)18-23-17-22(11-14-25-23)20-8-3-2-4-9-20/h2-12,14,17H,13,15-16,18H2,1H3. The maximum Gasteiger partial charge on any atom is 0.0550 e. The molecule has 0 fully saturated rings. The van der Waals surface area contributed by atoms with E-state index in [1.807, 2.05) is 6.20 Å². The summed E-state index contributed by atoms with van der Waals surface area (Å²) in [7, 11) is 0. The molecule has 1 aliphatic heterocycles. The Kier molecular flexibility index (Phi) is 4.94. The molecule has 0 saturated heterocycles. The second-order valence-corrected chi connectivity index (χ2v) is 6.93. The third-order valence-electron chi connectivity index (χ3n) is 5.09. The fourth-order valence-electron chi connectivity index (χ4n) is 3.64. The Balaban J connectivity index is 1.46. The molecule has 0 bridgehead atoms. The normalized spacial score (nSPS) is 14.9. The van der Waals surface area contributed by atoms with Gasteiger partial charge in [0.25, 0.3) is 0 Å². The first-order valence-electron chi connectivity index (χ1n) is 9.27. The Morgan fingerprint density at radius 3 is 2.50 bits per heavy atom. The summed E-state index contributed by atoms with van der Waals surface area (Å²) < 4.78 is 0. The summed E-state index contributed by atoms with van der Waals surface area (Å²) in [5.41, 5.74) is 7.87. The van der Waals surface area contributed by atoms with Gasteiger partial charge in [0.2, 0.25) is 0 Å². The van der Waals surface area contributed by atoms with Crippen molar-refractivity contribution in [3.05, 3.63) is 95.8 Å². The highest BCUT2D eigenvalue weighted by atomic mass is 15.1. The van der Waals surface area contributed by atoms with E-state index in [-0.39, 0.29) is 0 Å². The monoisotopic (exact) mass is 340 g/mol. The van der Waals surface area contributed by atoms with E-state index in [9.17, 15) is 0 Å². The van der Waals surface area contributed by atoms with Gasteiger partial charge in [-0.3, -0.25) is 9.88 Å². The van der Waals surface area contributed by atoms with Crippen LogP contribution < -0.4 is 0 Å². The summed E-state index contributed by atoms with van der Waals surface area (Å²) in [6.45, 7) is 5.16. The van der Waals surface area contributed by atoms with Crippen molar-refractivity contribution in [2.45, 2.75) is 19.9 Å². The van der Waals surface area contributed by atoms with Crippen molar-refractivity contribution in [1.82, 2.24) is 9.88 Å². The van der Waals surface area contributed by atoms with Crippen LogP contribution in [0, 0.1) is 6.92 Å². The molecule has 0 unspecified atom stereocenters. The molecule has 0 radical (unpaired) electrons. The molecule has 26 heavy (non-hydrogen) atoms. The zero-order valence-corrected chi connectivity index (χ0v) is 15.2. The van der Waals surface area contributed by atoms with Crippen LogP contribution in [-0.4, -0.2) is 23.0 Å². The molecule has 1 aliphatic rings. The smallest absolute Gasteiger partial charge is 0.0550 e. The van der Waals surface area contributed by atoms with Crippen LogP contribution in [0.25, 0.3) is 16.7 Å². The van der Waals surface area contributed by atoms with Crippen LogP contribution >= 0.6 is 0 Å². The van der Waals surface area contributed by atoms with Gasteiger partial charge in [0, 0.05) is 25.8 Å². The van der Waals surface area contributed by atoms with Crippen LogP contribution in [0.4, 0.5) is 0 Å². The third-order valence-corrected chi connectivity index (χ3v) is 5.09. The summed E-state index contributed by atoms with van der Waals surface area (Å²) in [6.07, 6.45) is 5.41. The maximum atomic E-state index is 4.59. The number of nitrogens with zero attached hydrogens (tertiary/aromatic N) is 2. The minimum atomic E-state index is 0.901. The third kappa shape index (κ3) is 3.76. The molecule has 2 heteroatoms. The Labute approximate surface area is 155 Å². The molecule has 3 aromatic rings. The average Bonchev–Trinajstić information content (AvgIpc) is 2.70. The van der Waals surface area contributed by atoms with Crippen LogP contribution in [-0.2, 0) is 6.54 Å². The molecule has 2 heterocycles. The summed E-state index contributed by atoms with van der Waals surface area (Å²) in [4.78, 5) is 7.06. The Morgan fingerprint density at radius 1 is 0.923 bits per heavy atom. The Bertz CT molecular complexity index is 912. The molecule has 1 aromatic heterocycles. The van der Waals surface area contributed by atoms with Gasteiger partial charge in [-0.05, 0) is 53.3 Å². The first kappa shape index (κ1) is 16.7. The van der Waals surface area contributed by atoms with E-state index in [0.717, 1.165) is 31.7 Å². The summed E-state index contributed by atoms with van der Waals surface area (Å²) in [6, 6.07) is 23.5. The highest BCUT2D eigenvalue weighted by Gasteiger charge is 2.15. The van der Waals surface area contributed by atoms with Crippen molar-refractivity contribution in [2.75, 3.05) is 13.1 Å². The fourth-order valence-corrected chi connectivity index (χ4v) is 3.64. The molecule has 0 aliphatic carbocycles. The SMILES string of the molecule is Cc1ccccc1C1=CCN(Cc2cc(-c3ccccc3)ccn2)CC1. The number of aryl methyl sites for hydroxylation is 1. The van der Waals surface area contributed by atoms with Crippen molar-refractivity contribution in [3.63, 3.8) is 0 Å². The quantitative estimate of drug-likeness (QED) is 0.637. The molecule has 0 saturated carbocycles. The fraction of sp³-hybridized carbons (Fsp3) is 0.208. The molecule has 0 atom stereocenters. The second kappa shape index (κ2) is 7.67. The van der Waals surface area contributed by atoms with Crippen LogP contribution in [0.3, 0.4) is 0 Å². The molecule has 2 aromatic carbocycles. The minimum Gasteiger partial charge on any atom is -0.294 e. The van der Waals surface area contributed by atoms with Gasteiger partial charge in [-0.2, -0.15) is 0 Å². The molecule has 4 rings (SSSR count). The van der Waals surface area contributed by atoms with Gasteiger partial charge in [-0.1, -0.05) is 60.7 Å². The summed E-state index contributed by atoms with van der Waals surface area (Å²) in [5, 5.41) is 0. The van der Waals surface area contributed by atoms with Crippen LogP contribution in [0.2, 0.25) is 0 Å². The number of hydrogen-bond acceptors (Lipinski definition) is 2. The van der Waals surface area contributed by atoms with E-state index in [4.69, 9.17) is 0 Å². The minimum absolute atomic E-state index is 0.901. The molecule has 130 valence electrons. The second-order valence-electron chi connectivity index (χ2n) is 6.93. The maximum absolute atomic E-state index is 4.59.